The maximum Gasteiger partial charge on any atom is 0.343 e. The summed E-state index contributed by atoms with van der Waals surface area (Å²) in [6.45, 7) is 9.09. The predicted octanol–water partition coefficient (Wildman–Crippen LogP) is 4.36. The van der Waals surface area contributed by atoms with Crippen LogP contribution in [0, 0.1) is 5.92 Å². The van der Waals surface area contributed by atoms with Gasteiger partial charge in [0.05, 0.1) is 17.4 Å². The molecule has 0 saturated carbocycles. The van der Waals surface area contributed by atoms with Crippen molar-refractivity contribution >= 4 is 29.1 Å². The van der Waals surface area contributed by atoms with Crippen molar-refractivity contribution in [2.24, 2.45) is 5.92 Å². The quantitative estimate of drug-likeness (QED) is 0.346. The average molecular weight is 459 g/mol. The number of carbonyl (C=O) groups excluding carboxylic acids is 3. The highest BCUT2D eigenvalue weighted by molar-refractivity contribution is 6.46. The minimum absolute atomic E-state index is 0.0967. The zero-order valence-corrected chi connectivity index (χ0v) is 19.6. The van der Waals surface area contributed by atoms with Gasteiger partial charge in [0.2, 0.25) is 5.78 Å². The molecule has 6 nitrogen and oxygen atoms in total. The van der Waals surface area contributed by atoms with Crippen LogP contribution in [0.25, 0.3) is 0 Å². The Balaban J connectivity index is 2.05. The number of hydrogen-bond donors (Lipinski definition) is 1. The van der Waals surface area contributed by atoms with Gasteiger partial charge in [-0.25, -0.2) is 4.79 Å². The van der Waals surface area contributed by atoms with Crippen LogP contribution in [0.5, 0.6) is 0 Å². The van der Waals surface area contributed by atoms with E-state index >= 15 is 0 Å². The molecule has 0 aromatic carbocycles. The standard InChI is InChI=1S/C25H27ClO6/c1-6-13(2)9-14(3)7-8-16-11-17-18(12-31-16)21-20(19(28)10-15(4)27)24(30)32-25(21,5)23(29)22(17)26/h7-9,11-13,15,27H,6,10H2,1-5H3. The van der Waals surface area contributed by atoms with E-state index in [2.05, 4.69) is 19.9 Å². The van der Waals surface area contributed by atoms with Crippen molar-refractivity contribution in [1.29, 1.82) is 0 Å². The number of ether oxygens (including phenoxy) is 2. The van der Waals surface area contributed by atoms with Crippen LogP contribution in [-0.2, 0) is 23.9 Å². The van der Waals surface area contributed by atoms with E-state index < -0.39 is 29.2 Å². The van der Waals surface area contributed by atoms with E-state index in [1.807, 2.05) is 13.0 Å². The fourth-order valence-corrected chi connectivity index (χ4v) is 4.21. The third-order valence-electron chi connectivity index (χ3n) is 5.72. The van der Waals surface area contributed by atoms with Crippen LogP contribution in [0.3, 0.4) is 0 Å². The molecule has 7 heteroatoms. The van der Waals surface area contributed by atoms with Crippen LogP contribution in [0.15, 0.2) is 69.2 Å². The molecule has 1 aliphatic carbocycles. The molecule has 170 valence electrons. The van der Waals surface area contributed by atoms with Gasteiger partial charge in [-0.2, -0.15) is 0 Å². The Hall–Kier alpha value is -2.70. The number of aliphatic hydroxyl groups excluding tert-OH is 1. The van der Waals surface area contributed by atoms with Crippen molar-refractivity contribution in [3.8, 4) is 0 Å². The maximum absolute atomic E-state index is 13.1. The van der Waals surface area contributed by atoms with E-state index in [0.717, 1.165) is 12.0 Å². The molecule has 3 aliphatic rings. The molecule has 0 radical (unpaired) electrons. The SMILES string of the molecule is CCC(C)C=C(C)C=CC1=CC2=C(Cl)C(=O)C3(C)OC(=O)C(C(=O)CC(C)O)=C3C2=CO1. The normalized spacial score (nSPS) is 25.2. The van der Waals surface area contributed by atoms with E-state index in [0.29, 0.717) is 22.8 Å². The van der Waals surface area contributed by atoms with Gasteiger partial charge in [0.15, 0.2) is 11.4 Å². The summed E-state index contributed by atoms with van der Waals surface area (Å²) in [6, 6.07) is 0. The molecule has 3 unspecified atom stereocenters. The van der Waals surface area contributed by atoms with Crippen molar-refractivity contribution in [2.75, 3.05) is 0 Å². The second-order valence-corrected chi connectivity index (χ2v) is 8.91. The molecule has 2 aliphatic heterocycles. The monoisotopic (exact) mass is 458 g/mol. The van der Waals surface area contributed by atoms with Gasteiger partial charge in [0.25, 0.3) is 0 Å². The highest BCUT2D eigenvalue weighted by Gasteiger charge is 2.56. The average Bonchev–Trinajstić information content (AvgIpc) is 3.01. The molecular weight excluding hydrogens is 432 g/mol. The van der Waals surface area contributed by atoms with E-state index in [4.69, 9.17) is 21.1 Å². The summed E-state index contributed by atoms with van der Waals surface area (Å²) in [5.41, 5.74) is -0.0646. The van der Waals surface area contributed by atoms with Gasteiger partial charge in [0, 0.05) is 23.1 Å². The first-order valence-corrected chi connectivity index (χ1v) is 11.0. The highest BCUT2D eigenvalue weighted by Crippen LogP contribution is 2.49. The molecule has 0 aromatic rings. The van der Waals surface area contributed by atoms with Gasteiger partial charge in [-0.05, 0) is 38.8 Å². The lowest BCUT2D eigenvalue weighted by molar-refractivity contribution is -0.153. The lowest BCUT2D eigenvalue weighted by Crippen LogP contribution is -2.42. The van der Waals surface area contributed by atoms with Gasteiger partial charge < -0.3 is 14.6 Å². The molecule has 0 aromatic heterocycles. The number of Topliss-reactive ketones (excluding diaryl/α,β-unsaturated/α-hetero) is 2. The minimum Gasteiger partial charge on any atom is -0.464 e. The van der Waals surface area contributed by atoms with Crippen molar-refractivity contribution in [3.05, 3.63) is 69.2 Å². The Kier molecular flexibility index (Phi) is 6.77. The first-order chi connectivity index (χ1) is 15.0. The Morgan fingerprint density at radius 1 is 1.31 bits per heavy atom. The molecule has 0 fully saturated rings. The summed E-state index contributed by atoms with van der Waals surface area (Å²) < 4.78 is 11.1. The maximum atomic E-state index is 13.1. The van der Waals surface area contributed by atoms with E-state index in [9.17, 15) is 19.5 Å². The molecule has 0 bridgehead atoms. The number of aliphatic hydroxyl groups is 1. The summed E-state index contributed by atoms with van der Waals surface area (Å²) >= 11 is 6.39. The Labute approximate surface area is 192 Å². The van der Waals surface area contributed by atoms with E-state index in [-0.39, 0.29) is 22.6 Å². The van der Waals surface area contributed by atoms with Gasteiger partial charge in [-0.1, -0.05) is 49.6 Å². The van der Waals surface area contributed by atoms with Crippen molar-refractivity contribution in [3.63, 3.8) is 0 Å². The van der Waals surface area contributed by atoms with Crippen molar-refractivity contribution < 1.29 is 29.0 Å². The van der Waals surface area contributed by atoms with Crippen LogP contribution in [-0.4, -0.2) is 34.3 Å². The summed E-state index contributed by atoms with van der Waals surface area (Å²) in [5, 5.41) is 9.51. The van der Waals surface area contributed by atoms with Crippen LogP contribution in [0.4, 0.5) is 0 Å². The lowest BCUT2D eigenvalue weighted by atomic mass is 9.75. The zero-order chi connectivity index (χ0) is 23.8. The van der Waals surface area contributed by atoms with Gasteiger partial charge in [-0.3, -0.25) is 9.59 Å². The first kappa shape index (κ1) is 24.0. The van der Waals surface area contributed by atoms with Gasteiger partial charge in [-0.15, -0.1) is 0 Å². The summed E-state index contributed by atoms with van der Waals surface area (Å²) in [5.74, 6) is -1.21. The van der Waals surface area contributed by atoms with E-state index in [1.165, 1.54) is 20.1 Å². The molecule has 0 spiro atoms. The number of esters is 1. The molecule has 0 saturated heterocycles. The van der Waals surface area contributed by atoms with E-state index in [1.54, 1.807) is 12.2 Å². The lowest BCUT2D eigenvalue weighted by Gasteiger charge is -2.33. The Bertz CT molecular complexity index is 1070. The zero-order valence-electron chi connectivity index (χ0n) is 18.8. The third kappa shape index (κ3) is 4.30. The second-order valence-electron chi connectivity index (χ2n) is 8.53. The Morgan fingerprint density at radius 2 is 2.00 bits per heavy atom. The molecule has 3 atom stereocenters. The molecule has 2 heterocycles. The number of halogens is 1. The van der Waals surface area contributed by atoms with Crippen LogP contribution in [0.2, 0.25) is 0 Å². The number of carbonyl (C=O) groups is 3. The van der Waals surface area contributed by atoms with Gasteiger partial charge in [0.1, 0.15) is 11.3 Å². The first-order valence-electron chi connectivity index (χ1n) is 10.6. The number of ketones is 2. The summed E-state index contributed by atoms with van der Waals surface area (Å²) in [7, 11) is 0. The smallest absolute Gasteiger partial charge is 0.343 e. The van der Waals surface area contributed by atoms with Crippen LogP contribution in [0.1, 0.15) is 47.5 Å². The third-order valence-corrected chi connectivity index (χ3v) is 6.09. The number of rotatable bonds is 7. The summed E-state index contributed by atoms with van der Waals surface area (Å²) in [6.07, 6.45) is 8.61. The Morgan fingerprint density at radius 3 is 2.62 bits per heavy atom. The molecular formula is C25H27ClO6. The van der Waals surface area contributed by atoms with Crippen molar-refractivity contribution in [1.82, 2.24) is 0 Å². The summed E-state index contributed by atoms with van der Waals surface area (Å²) in [4.78, 5) is 38.3. The molecule has 32 heavy (non-hydrogen) atoms. The predicted molar refractivity (Wildman–Crippen MR) is 120 cm³/mol. The fourth-order valence-electron chi connectivity index (χ4n) is 3.88. The highest BCUT2D eigenvalue weighted by atomic mass is 35.5. The topological polar surface area (TPSA) is 89.9 Å². The molecule has 3 rings (SSSR count). The largest absolute Gasteiger partial charge is 0.464 e. The van der Waals surface area contributed by atoms with Gasteiger partial charge >= 0.3 is 5.97 Å². The fraction of sp³-hybridized carbons (Fsp3) is 0.400. The number of fused-ring (bicyclic) bond motifs is 3. The molecule has 1 N–H and O–H groups in total. The number of allylic oxidation sites excluding steroid dienone is 6. The number of hydrogen-bond acceptors (Lipinski definition) is 6. The van der Waals surface area contributed by atoms with Crippen LogP contribution < -0.4 is 0 Å². The van der Waals surface area contributed by atoms with Crippen LogP contribution >= 0.6 is 11.6 Å². The second kappa shape index (κ2) is 9.04. The van der Waals surface area contributed by atoms with Crippen molar-refractivity contribution in [2.45, 2.75) is 59.2 Å². The molecule has 0 amide bonds. The minimum atomic E-state index is -1.71.